The summed E-state index contributed by atoms with van der Waals surface area (Å²) < 4.78 is 15.8. The molecule has 0 aliphatic carbocycles. The molecule has 0 spiro atoms. The van der Waals surface area contributed by atoms with Crippen molar-refractivity contribution in [1.29, 1.82) is 0 Å². The van der Waals surface area contributed by atoms with E-state index in [0.29, 0.717) is 23.0 Å². The van der Waals surface area contributed by atoms with Crippen LogP contribution in [0.5, 0.6) is 11.5 Å². The Morgan fingerprint density at radius 2 is 1.94 bits per heavy atom. The highest BCUT2D eigenvalue weighted by Crippen LogP contribution is 2.34. The van der Waals surface area contributed by atoms with Gasteiger partial charge in [0.1, 0.15) is 0 Å². The van der Waals surface area contributed by atoms with Crippen molar-refractivity contribution in [2.75, 3.05) is 24.8 Å². The first-order valence-electron chi connectivity index (χ1n) is 10.5. The molecule has 2 aromatic carbocycles. The van der Waals surface area contributed by atoms with Crippen molar-refractivity contribution in [3.63, 3.8) is 0 Å². The largest absolute Gasteiger partial charge is 0.457 e. The summed E-state index contributed by atoms with van der Waals surface area (Å²) in [6.45, 7) is 4.21. The maximum atomic E-state index is 12.6. The number of Topliss-reactive ketones (excluding diaryl/α,β-unsaturated/α-hetero) is 1. The second-order valence-electron chi connectivity index (χ2n) is 7.87. The molecule has 7 heteroatoms. The molecule has 0 aromatic heterocycles. The van der Waals surface area contributed by atoms with Crippen molar-refractivity contribution in [3.8, 4) is 11.5 Å². The normalized spacial score (nSPS) is 18.2. The molecule has 0 saturated carbocycles. The van der Waals surface area contributed by atoms with Crippen LogP contribution in [-0.2, 0) is 14.3 Å². The quantitative estimate of drug-likeness (QED) is 0.499. The number of ketones is 1. The van der Waals surface area contributed by atoms with E-state index in [4.69, 9.17) is 14.2 Å². The topological polar surface area (TPSA) is 82.1 Å². The zero-order valence-electron chi connectivity index (χ0n) is 17.6. The molecule has 31 heavy (non-hydrogen) atoms. The summed E-state index contributed by atoms with van der Waals surface area (Å²) in [5.41, 5.74) is 2.31. The van der Waals surface area contributed by atoms with Gasteiger partial charge in [-0.1, -0.05) is 32.0 Å². The van der Waals surface area contributed by atoms with Gasteiger partial charge in [0.25, 0.3) is 0 Å². The average molecular weight is 423 g/mol. The molecule has 162 valence electrons. The molecule has 7 nitrogen and oxygen atoms in total. The molecule has 2 aliphatic heterocycles. The van der Waals surface area contributed by atoms with E-state index in [0.717, 1.165) is 17.7 Å². The lowest BCUT2D eigenvalue weighted by molar-refractivity contribution is -0.147. The number of hydrogen-bond donors (Lipinski definition) is 0. The fourth-order valence-electron chi connectivity index (χ4n) is 3.88. The van der Waals surface area contributed by atoms with Gasteiger partial charge in [-0.25, -0.2) is 0 Å². The van der Waals surface area contributed by atoms with Crippen LogP contribution >= 0.6 is 0 Å². The van der Waals surface area contributed by atoms with Crippen molar-refractivity contribution in [1.82, 2.24) is 0 Å². The number of hydrogen-bond acceptors (Lipinski definition) is 6. The Balaban J connectivity index is 1.38. The zero-order valence-corrected chi connectivity index (χ0v) is 17.6. The van der Waals surface area contributed by atoms with E-state index in [1.807, 2.05) is 24.3 Å². The maximum absolute atomic E-state index is 12.6. The Bertz CT molecular complexity index is 1020. The minimum Gasteiger partial charge on any atom is -0.457 e. The second-order valence-corrected chi connectivity index (χ2v) is 7.87. The van der Waals surface area contributed by atoms with E-state index in [-0.39, 0.29) is 38.1 Å². The van der Waals surface area contributed by atoms with E-state index in [1.54, 1.807) is 23.1 Å². The first-order chi connectivity index (χ1) is 15.0. The highest BCUT2D eigenvalue weighted by Gasteiger charge is 2.37. The fourth-order valence-corrected chi connectivity index (χ4v) is 3.88. The number of para-hydroxylation sites is 1. The number of carbonyl (C=O) groups is 3. The van der Waals surface area contributed by atoms with Gasteiger partial charge in [-0.2, -0.15) is 0 Å². The number of esters is 1. The van der Waals surface area contributed by atoms with E-state index < -0.39 is 11.9 Å². The Kier molecular flexibility index (Phi) is 5.93. The third-order valence-electron chi connectivity index (χ3n) is 5.87. The Hall–Kier alpha value is -3.35. The summed E-state index contributed by atoms with van der Waals surface area (Å²) in [6, 6.07) is 12.6. The third kappa shape index (κ3) is 4.26. The predicted molar refractivity (Wildman–Crippen MR) is 113 cm³/mol. The Morgan fingerprint density at radius 3 is 2.74 bits per heavy atom. The minimum atomic E-state index is -0.595. The summed E-state index contributed by atoms with van der Waals surface area (Å²) >= 11 is 0. The molecule has 0 bridgehead atoms. The van der Waals surface area contributed by atoms with Crippen LogP contribution in [0.3, 0.4) is 0 Å². The molecule has 2 heterocycles. The van der Waals surface area contributed by atoms with Crippen molar-refractivity contribution in [2.45, 2.75) is 32.6 Å². The van der Waals surface area contributed by atoms with Crippen LogP contribution in [0.1, 0.15) is 48.5 Å². The van der Waals surface area contributed by atoms with Crippen LogP contribution in [-0.4, -0.2) is 37.6 Å². The summed E-state index contributed by atoms with van der Waals surface area (Å²) in [5, 5.41) is 0. The summed E-state index contributed by atoms with van der Waals surface area (Å²) in [5.74, 6) is -0.206. The van der Waals surface area contributed by atoms with Crippen molar-refractivity contribution in [3.05, 3.63) is 53.6 Å². The predicted octanol–water partition coefficient (Wildman–Crippen LogP) is 3.71. The lowest BCUT2D eigenvalue weighted by Gasteiger charge is -2.23. The molecule has 0 unspecified atom stereocenters. The number of ether oxygens (including phenoxy) is 3. The van der Waals surface area contributed by atoms with E-state index in [1.165, 1.54) is 0 Å². The number of carbonyl (C=O) groups excluding carboxylic acids is 3. The highest BCUT2D eigenvalue weighted by molar-refractivity contribution is 6.01. The van der Waals surface area contributed by atoms with Gasteiger partial charge in [0.05, 0.1) is 5.92 Å². The first kappa shape index (κ1) is 20.9. The third-order valence-corrected chi connectivity index (χ3v) is 5.87. The van der Waals surface area contributed by atoms with Crippen LogP contribution in [0.15, 0.2) is 42.5 Å². The molecule has 0 radical (unpaired) electrons. The number of rotatable bonds is 7. The second kappa shape index (κ2) is 8.79. The SMILES string of the molecule is CC[C@@H](C)c1ccccc1N1C[C@@H](C(=O)OCC(=O)c2ccc3c(c2)OCO3)CC1=O. The van der Waals surface area contributed by atoms with Gasteiger partial charge in [-0.3, -0.25) is 14.4 Å². The monoisotopic (exact) mass is 423 g/mol. The number of fused-ring (bicyclic) bond motifs is 1. The van der Waals surface area contributed by atoms with Gasteiger partial charge in [0, 0.05) is 24.2 Å². The van der Waals surface area contributed by atoms with Crippen LogP contribution in [0, 0.1) is 5.92 Å². The molecule has 1 saturated heterocycles. The molecule has 4 rings (SSSR count). The van der Waals surface area contributed by atoms with Gasteiger partial charge < -0.3 is 19.1 Å². The van der Waals surface area contributed by atoms with Gasteiger partial charge >= 0.3 is 5.97 Å². The van der Waals surface area contributed by atoms with Crippen molar-refractivity contribution < 1.29 is 28.6 Å². The number of anilines is 1. The molecule has 1 amide bonds. The van der Waals surface area contributed by atoms with Crippen LogP contribution in [0.25, 0.3) is 0 Å². The maximum Gasteiger partial charge on any atom is 0.311 e. The minimum absolute atomic E-state index is 0.0753. The van der Waals surface area contributed by atoms with E-state index in [9.17, 15) is 14.4 Å². The van der Waals surface area contributed by atoms with Gasteiger partial charge in [-0.05, 0) is 42.2 Å². The molecule has 2 atom stereocenters. The summed E-state index contributed by atoms with van der Waals surface area (Å²) in [4.78, 5) is 39.3. The number of nitrogens with zero attached hydrogens (tertiary/aromatic N) is 1. The molecule has 1 fully saturated rings. The smallest absolute Gasteiger partial charge is 0.311 e. The molecule has 0 N–H and O–H groups in total. The van der Waals surface area contributed by atoms with Gasteiger partial charge in [0.2, 0.25) is 12.7 Å². The standard InChI is InChI=1S/C24H25NO6/c1-3-15(2)18-6-4-5-7-19(18)25-12-17(11-23(25)27)24(28)29-13-20(26)16-8-9-21-22(10-16)31-14-30-21/h4-10,15,17H,3,11-14H2,1-2H3/t15-,17+/m1/s1. The fraction of sp³-hybridized carbons (Fsp3) is 0.375. The zero-order chi connectivity index (χ0) is 22.0. The molecule has 2 aliphatic rings. The van der Waals surface area contributed by atoms with Crippen LogP contribution < -0.4 is 14.4 Å². The summed E-state index contributed by atoms with van der Waals surface area (Å²) in [7, 11) is 0. The number of amides is 1. The molecule has 2 aromatic rings. The van der Waals surface area contributed by atoms with Crippen molar-refractivity contribution in [2.24, 2.45) is 5.92 Å². The van der Waals surface area contributed by atoms with Crippen LogP contribution in [0.4, 0.5) is 5.69 Å². The highest BCUT2D eigenvalue weighted by atomic mass is 16.7. The van der Waals surface area contributed by atoms with Crippen LogP contribution in [0.2, 0.25) is 0 Å². The average Bonchev–Trinajstić information content (AvgIpc) is 3.42. The van der Waals surface area contributed by atoms with Crippen molar-refractivity contribution >= 4 is 23.3 Å². The van der Waals surface area contributed by atoms with Gasteiger partial charge in [0.15, 0.2) is 23.9 Å². The Morgan fingerprint density at radius 1 is 1.16 bits per heavy atom. The lowest BCUT2D eigenvalue weighted by Crippen LogP contribution is -2.28. The van der Waals surface area contributed by atoms with Gasteiger partial charge in [-0.15, -0.1) is 0 Å². The Labute approximate surface area is 180 Å². The summed E-state index contributed by atoms with van der Waals surface area (Å²) in [6.07, 6.45) is 1.03. The molecular formula is C24H25NO6. The lowest BCUT2D eigenvalue weighted by atomic mass is 9.96. The number of benzene rings is 2. The first-order valence-corrected chi connectivity index (χ1v) is 10.5. The van der Waals surface area contributed by atoms with E-state index >= 15 is 0 Å². The van der Waals surface area contributed by atoms with E-state index in [2.05, 4.69) is 13.8 Å². The molecular weight excluding hydrogens is 398 g/mol.